The summed E-state index contributed by atoms with van der Waals surface area (Å²) in [5.74, 6) is 0.207. The number of halogens is 1. The highest BCUT2D eigenvalue weighted by Gasteiger charge is 1.97. The Labute approximate surface area is 50.1 Å². The molecule has 0 aliphatic rings. The molecule has 0 radical (unpaired) electrons. The van der Waals surface area contributed by atoms with E-state index in [1.165, 1.54) is 0 Å². The van der Waals surface area contributed by atoms with Crippen molar-refractivity contribution in [1.82, 2.24) is 0 Å². The van der Waals surface area contributed by atoms with Gasteiger partial charge < -0.3 is 5.73 Å². The molecule has 0 aromatic carbocycles. The van der Waals surface area contributed by atoms with E-state index in [0.29, 0.717) is 6.54 Å². The lowest BCUT2D eigenvalue weighted by atomic mass is 10.1. The van der Waals surface area contributed by atoms with Gasteiger partial charge in [-0.1, -0.05) is 6.92 Å². The van der Waals surface area contributed by atoms with Crippen LogP contribution in [0.3, 0.4) is 0 Å². The van der Waals surface area contributed by atoms with Gasteiger partial charge in [-0.05, 0) is 25.3 Å². The molecule has 0 heterocycles. The molecule has 0 aromatic rings. The third kappa shape index (κ3) is 4.06. The van der Waals surface area contributed by atoms with Crippen molar-refractivity contribution in [2.75, 3.05) is 13.2 Å². The number of nitrogens with two attached hydrogens (primary N) is 1. The summed E-state index contributed by atoms with van der Waals surface area (Å²) in [6.45, 7) is 2.38. The van der Waals surface area contributed by atoms with Gasteiger partial charge in [-0.25, -0.2) is 0 Å². The molecule has 0 amide bonds. The monoisotopic (exact) mass is 119 g/mol. The zero-order valence-corrected chi connectivity index (χ0v) is 5.36. The van der Waals surface area contributed by atoms with Crippen molar-refractivity contribution in [1.29, 1.82) is 0 Å². The summed E-state index contributed by atoms with van der Waals surface area (Å²) in [5, 5.41) is 0. The summed E-state index contributed by atoms with van der Waals surface area (Å²) in [6.07, 6.45) is 1.87. The molecule has 0 rings (SSSR count). The van der Waals surface area contributed by atoms with Gasteiger partial charge in [0, 0.05) is 0 Å². The smallest absolute Gasteiger partial charge is 0.0919 e. The summed E-state index contributed by atoms with van der Waals surface area (Å²) in [4.78, 5) is 0. The lowest BCUT2D eigenvalue weighted by Crippen LogP contribution is -2.03. The van der Waals surface area contributed by atoms with E-state index in [1.54, 1.807) is 0 Å². The van der Waals surface area contributed by atoms with Gasteiger partial charge in [0.25, 0.3) is 0 Å². The highest BCUT2D eigenvalue weighted by molar-refractivity contribution is 4.49. The van der Waals surface area contributed by atoms with E-state index in [9.17, 15) is 4.39 Å². The zero-order chi connectivity index (χ0) is 6.41. The van der Waals surface area contributed by atoms with Crippen LogP contribution >= 0.6 is 0 Å². The summed E-state index contributed by atoms with van der Waals surface area (Å²) in [7, 11) is 0. The van der Waals surface area contributed by atoms with E-state index in [2.05, 4.69) is 0 Å². The molecule has 2 N–H and O–H groups in total. The molecular weight excluding hydrogens is 105 g/mol. The van der Waals surface area contributed by atoms with Crippen molar-refractivity contribution in [2.45, 2.75) is 19.8 Å². The van der Waals surface area contributed by atoms with Crippen LogP contribution in [0.1, 0.15) is 19.8 Å². The maximum absolute atomic E-state index is 11.7. The second-order valence-electron chi connectivity index (χ2n) is 2.19. The van der Waals surface area contributed by atoms with E-state index in [1.807, 2.05) is 6.92 Å². The maximum atomic E-state index is 11.7. The predicted octanol–water partition coefficient (Wildman–Crippen LogP) is 1.33. The van der Waals surface area contributed by atoms with Gasteiger partial charge in [-0.15, -0.1) is 0 Å². The lowest BCUT2D eigenvalue weighted by Gasteiger charge is -2.02. The molecule has 1 atom stereocenters. The fourth-order valence-electron chi connectivity index (χ4n) is 0.543. The Bertz CT molecular complexity index is 47.8. The van der Waals surface area contributed by atoms with E-state index in [-0.39, 0.29) is 12.6 Å². The van der Waals surface area contributed by atoms with Gasteiger partial charge in [0.2, 0.25) is 0 Å². The molecule has 0 aromatic heterocycles. The Morgan fingerprint density at radius 2 is 2.25 bits per heavy atom. The van der Waals surface area contributed by atoms with Crippen molar-refractivity contribution >= 4 is 0 Å². The Morgan fingerprint density at radius 1 is 1.62 bits per heavy atom. The first-order chi connectivity index (χ1) is 3.81. The summed E-state index contributed by atoms with van der Waals surface area (Å²) < 4.78 is 11.7. The van der Waals surface area contributed by atoms with Crippen LogP contribution in [0.2, 0.25) is 0 Å². The molecule has 1 unspecified atom stereocenters. The normalized spacial score (nSPS) is 13.9. The molecule has 0 aliphatic heterocycles. The quantitative estimate of drug-likeness (QED) is 0.593. The second-order valence-corrected chi connectivity index (χ2v) is 2.19. The van der Waals surface area contributed by atoms with E-state index in [0.717, 1.165) is 12.8 Å². The van der Waals surface area contributed by atoms with Crippen LogP contribution in [-0.2, 0) is 0 Å². The molecule has 8 heavy (non-hydrogen) atoms. The molecule has 0 fully saturated rings. The van der Waals surface area contributed by atoms with Gasteiger partial charge in [0.05, 0.1) is 6.67 Å². The first kappa shape index (κ1) is 7.89. The van der Waals surface area contributed by atoms with Crippen molar-refractivity contribution in [2.24, 2.45) is 11.7 Å². The van der Waals surface area contributed by atoms with Gasteiger partial charge in [-0.3, -0.25) is 4.39 Å². The van der Waals surface area contributed by atoms with Crippen LogP contribution in [0.15, 0.2) is 0 Å². The Balaban J connectivity index is 2.86. The van der Waals surface area contributed by atoms with Crippen LogP contribution in [0.5, 0.6) is 0 Å². The molecule has 0 saturated carbocycles. The van der Waals surface area contributed by atoms with E-state index in [4.69, 9.17) is 5.73 Å². The van der Waals surface area contributed by atoms with Gasteiger partial charge in [-0.2, -0.15) is 0 Å². The Hall–Kier alpha value is -0.110. The molecule has 50 valence electrons. The Morgan fingerprint density at radius 3 is 2.62 bits per heavy atom. The van der Waals surface area contributed by atoms with Crippen LogP contribution in [0.25, 0.3) is 0 Å². The first-order valence-electron chi connectivity index (χ1n) is 3.07. The van der Waals surface area contributed by atoms with Gasteiger partial charge in [0.1, 0.15) is 0 Å². The lowest BCUT2D eigenvalue weighted by molar-refractivity contribution is 0.361. The topological polar surface area (TPSA) is 26.0 Å². The third-order valence-corrected chi connectivity index (χ3v) is 1.16. The summed E-state index contributed by atoms with van der Waals surface area (Å²) in [5.41, 5.74) is 5.21. The molecule has 0 spiro atoms. The first-order valence-corrected chi connectivity index (χ1v) is 3.07. The van der Waals surface area contributed by atoms with E-state index >= 15 is 0 Å². The van der Waals surface area contributed by atoms with Gasteiger partial charge >= 0.3 is 0 Å². The maximum Gasteiger partial charge on any atom is 0.0919 e. The fourth-order valence-corrected chi connectivity index (χ4v) is 0.543. The fraction of sp³-hybridized carbons (Fsp3) is 1.00. The molecule has 2 heteroatoms. The number of rotatable bonds is 4. The highest BCUT2D eigenvalue weighted by atomic mass is 19.1. The minimum absolute atomic E-state index is 0.207. The SMILES string of the molecule is CC(CF)CCCN. The van der Waals surface area contributed by atoms with Crippen molar-refractivity contribution in [3.05, 3.63) is 0 Å². The van der Waals surface area contributed by atoms with Crippen LogP contribution < -0.4 is 5.73 Å². The van der Waals surface area contributed by atoms with E-state index < -0.39 is 0 Å². The number of hydrogen-bond donors (Lipinski definition) is 1. The van der Waals surface area contributed by atoms with Crippen LogP contribution in [-0.4, -0.2) is 13.2 Å². The zero-order valence-electron chi connectivity index (χ0n) is 5.36. The minimum Gasteiger partial charge on any atom is -0.330 e. The minimum atomic E-state index is -0.208. The van der Waals surface area contributed by atoms with Crippen molar-refractivity contribution < 1.29 is 4.39 Å². The largest absolute Gasteiger partial charge is 0.330 e. The van der Waals surface area contributed by atoms with Crippen molar-refractivity contribution in [3.63, 3.8) is 0 Å². The average molecular weight is 119 g/mol. The molecule has 0 aliphatic carbocycles. The highest BCUT2D eigenvalue weighted by Crippen LogP contribution is 2.03. The molecule has 0 bridgehead atoms. The average Bonchev–Trinajstić information content (AvgIpc) is 1.83. The third-order valence-electron chi connectivity index (χ3n) is 1.16. The van der Waals surface area contributed by atoms with Crippen molar-refractivity contribution in [3.8, 4) is 0 Å². The van der Waals surface area contributed by atoms with Crippen LogP contribution in [0, 0.1) is 5.92 Å². The number of hydrogen-bond acceptors (Lipinski definition) is 1. The van der Waals surface area contributed by atoms with Gasteiger partial charge in [0.15, 0.2) is 0 Å². The molecular formula is C6H14FN. The summed E-state index contributed by atoms with van der Waals surface area (Å²) >= 11 is 0. The molecule has 1 nitrogen and oxygen atoms in total. The Kier molecular flexibility index (Phi) is 4.97. The second kappa shape index (κ2) is 5.04. The summed E-state index contributed by atoms with van der Waals surface area (Å²) in [6, 6.07) is 0. The van der Waals surface area contributed by atoms with Crippen LogP contribution in [0.4, 0.5) is 4.39 Å². The number of alkyl halides is 1. The standard InChI is InChI=1S/C6H14FN/c1-6(5-7)3-2-4-8/h6H,2-5,8H2,1H3. The molecule has 0 saturated heterocycles. The predicted molar refractivity (Wildman–Crippen MR) is 33.4 cm³/mol.